The van der Waals surface area contributed by atoms with E-state index in [1.807, 2.05) is 37.3 Å². The van der Waals surface area contributed by atoms with Gasteiger partial charge in [-0.2, -0.15) is 0 Å². The summed E-state index contributed by atoms with van der Waals surface area (Å²) in [5.74, 6) is -0.195. The lowest BCUT2D eigenvalue weighted by molar-refractivity contribution is 0.628. The second kappa shape index (κ2) is 5.44. The fraction of sp³-hybridized carbons (Fsp3) is 0.125. The van der Waals surface area contributed by atoms with Crippen molar-refractivity contribution in [2.24, 2.45) is 0 Å². The first-order chi connectivity index (χ1) is 8.31. The summed E-state index contributed by atoms with van der Waals surface area (Å²) in [6.07, 6.45) is 5.08. The standard InChI is InChI=1S/C16H15F/c1-2-3-6-13-7-4-5-8-16(13)14-9-11-15(17)12-10-14/h2-5,7-12H,6H2,1H3/b3-2+. The maximum Gasteiger partial charge on any atom is 0.123 e. The average molecular weight is 226 g/mol. The number of halogens is 1. The van der Waals surface area contributed by atoms with Crippen LogP contribution in [0.15, 0.2) is 60.7 Å². The van der Waals surface area contributed by atoms with E-state index in [-0.39, 0.29) is 5.82 Å². The lowest BCUT2D eigenvalue weighted by atomic mass is 9.97. The van der Waals surface area contributed by atoms with Gasteiger partial charge in [-0.15, -0.1) is 0 Å². The second-order valence-electron chi connectivity index (χ2n) is 3.94. The molecule has 0 spiro atoms. The second-order valence-corrected chi connectivity index (χ2v) is 3.94. The highest BCUT2D eigenvalue weighted by atomic mass is 19.1. The van der Waals surface area contributed by atoms with Crippen molar-refractivity contribution in [2.45, 2.75) is 13.3 Å². The topological polar surface area (TPSA) is 0 Å². The van der Waals surface area contributed by atoms with Crippen LogP contribution in [-0.2, 0) is 6.42 Å². The van der Waals surface area contributed by atoms with Gasteiger partial charge < -0.3 is 0 Å². The minimum Gasteiger partial charge on any atom is -0.207 e. The van der Waals surface area contributed by atoms with Gasteiger partial charge in [-0.1, -0.05) is 48.6 Å². The van der Waals surface area contributed by atoms with Crippen molar-refractivity contribution in [3.63, 3.8) is 0 Å². The summed E-state index contributed by atoms with van der Waals surface area (Å²) in [5.41, 5.74) is 3.49. The van der Waals surface area contributed by atoms with E-state index < -0.39 is 0 Å². The number of hydrogen-bond donors (Lipinski definition) is 0. The molecule has 0 nitrogen and oxygen atoms in total. The molecule has 0 aliphatic heterocycles. The highest BCUT2D eigenvalue weighted by molar-refractivity contribution is 5.67. The van der Waals surface area contributed by atoms with Crippen LogP contribution in [-0.4, -0.2) is 0 Å². The van der Waals surface area contributed by atoms with Crippen LogP contribution in [0.25, 0.3) is 11.1 Å². The molecule has 0 N–H and O–H groups in total. The molecule has 0 aliphatic carbocycles. The van der Waals surface area contributed by atoms with Crippen LogP contribution >= 0.6 is 0 Å². The van der Waals surface area contributed by atoms with Crippen LogP contribution in [0.3, 0.4) is 0 Å². The minimum absolute atomic E-state index is 0.195. The van der Waals surface area contributed by atoms with E-state index in [1.165, 1.54) is 23.3 Å². The van der Waals surface area contributed by atoms with Crippen molar-refractivity contribution >= 4 is 0 Å². The fourth-order valence-electron chi connectivity index (χ4n) is 1.85. The van der Waals surface area contributed by atoms with Gasteiger partial charge in [-0.25, -0.2) is 4.39 Å². The Labute approximate surface area is 101 Å². The molecule has 0 unspecified atom stereocenters. The molecule has 2 rings (SSSR count). The van der Waals surface area contributed by atoms with Crippen molar-refractivity contribution in [3.8, 4) is 11.1 Å². The summed E-state index contributed by atoms with van der Waals surface area (Å²) in [6, 6.07) is 14.9. The molecule has 17 heavy (non-hydrogen) atoms. The van der Waals surface area contributed by atoms with Gasteiger partial charge in [-0.05, 0) is 42.2 Å². The molecule has 0 aliphatic rings. The van der Waals surface area contributed by atoms with Gasteiger partial charge in [0.05, 0.1) is 0 Å². The number of rotatable bonds is 3. The Hall–Kier alpha value is -1.89. The maximum atomic E-state index is 12.9. The third-order valence-corrected chi connectivity index (χ3v) is 2.75. The van der Waals surface area contributed by atoms with E-state index in [0.717, 1.165) is 12.0 Å². The van der Waals surface area contributed by atoms with Gasteiger partial charge in [0.25, 0.3) is 0 Å². The van der Waals surface area contributed by atoms with Crippen LogP contribution in [0.5, 0.6) is 0 Å². The highest BCUT2D eigenvalue weighted by Gasteiger charge is 2.03. The molecular formula is C16H15F. The predicted octanol–water partition coefficient (Wildman–Crippen LogP) is 4.61. The number of benzene rings is 2. The van der Waals surface area contributed by atoms with E-state index in [4.69, 9.17) is 0 Å². The molecule has 0 saturated carbocycles. The summed E-state index contributed by atoms with van der Waals surface area (Å²) in [6.45, 7) is 2.01. The summed E-state index contributed by atoms with van der Waals surface area (Å²) < 4.78 is 12.9. The smallest absolute Gasteiger partial charge is 0.123 e. The normalized spacial score (nSPS) is 10.9. The average Bonchev–Trinajstić information content (AvgIpc) is 2.38. The largest absolute Gasteiger partial charge is 0.207 e. The number of allylic oxidation sites excluding steroid dienone is 2. The number of hydrogen-bond acceptors (Lipinski definition) is 0. The molecule has 0 heterocycles. The van der Waals surface area contributed by atoms with Crippen LogP contribution in [0.1, 0.15) is 12.5 Å². The summed E-state index contributed by atoms with van der Waals surface area (Å²) in [4.78, 5) is 0. The zero-order valence-electron chi connectivity index (χ0n) is 9.86. The minimum atomic E-state index is -0.195. The van der Waals surface area contributed by atoms with Crippen molar-refractivity contribution in [1.82, 2.24) is 0 Å². The van der Waals surface area contributed by atoms with E-state index in [1.54, 1.807) is 0 Å². The molecule has 0 fully saturated rings. The molecular weight excluding hydrogens is 211 g/mol. The molecule has 86 valence electrons. The highest BCUT2D eigenvalue weighted by Crippen LogP contribution is 2.24. The SMILES string of the molecule is C/C=C/Cc1ccccc1-c1ccc(F)cc1. The van der Waals surface area contributed by atoms with Gasteiger partial charge in [-0.3, -0.25) is 0 Å². The first kappa shape index (κ1) is 11.6. The zero-order chi connectivity index (χ0) is 12.1. The third-order valence-electron chi connectivity index (χ3n) is 2.75. The van der Waals surface area contributed by atoms with Crippen LogP contribution < -0.4 is 0 Å². The molecule has 0 bridgehead atoms. The Bertz CT molecular complexity index is 509. The molecule has 2 aromatic carbocycles. The van der Waals surface area contributed by atoms with Gasteiger partial charge in [0.1, 0.15) is 5.82 Å². The maximum absolute atomic E-state index is 12.9. The van der Waals surface area contributed by atoms with Crippen molar-refractivity contribution in [2.75, 3.05) is 0 Å². The first-order valence-electron chi connectivity index (χ1n) is 5.76. The van der Waals surface area contributed by atoms with Crippen molar-refractivity contribution in [3.05, 3.63) is 72.1 Å². The van der Waals surface area contributed by atoms with Crippen molar-refractivity contribution in [1.29, 1.82) is 0 Å². The van der Waals surface area contributed by atoms with Gasteiger partial charge in [0, 0.05) is 0 Å². The van der Waals surface area contributed by atoms with Gasteiger partial charge in [0.2, 0.25) is 0 Å². The van der Waals surface area contributed by atoms with Gasteiger partial charge in [0.15, 0.2) is 0 Å². The quantitative estimate of drug-likeness (QED) is 0.670. The Morgan fingerprint density at radius 3 is 2.41 bits per heavy atom. The van der Waals surface area contributed by atoms with Crippen LogP contribution in [0.2, 0.25) is 0 Å². The Morgan fingerprint density at radius 1 is 1.00 bits per heavy atom. The zero-order valence-corrected chi connectivity index (χ0v) is 9.86. The van der Waals surface area contributed by atoms with E-state index in [0.29, 0.717) is 0 Å². The van der Waals surface area contributed by atoms with E-state index in [2.05, 4.69) is 18.2 Å². The Balaban J connectivity index is 2.40. The monoisotopic (exact) mass is 226 g/mol. The molecule has 0 saturated heterocycles. The first-order valence-corrected chi connectivity index (χ1v) is 5.76. The lowest BCUT2D eigenvalue weighted by Crippen LogP contribution is -1.88. The fourth-order valence-corrected chi connectivity index (χ4v) is 1.85. The Kier molecular flexibility index (Phi) is 3.71. The summed E-state index contributed by atoms with van der Waals surface area (Å²) >= 11 is 0. The summed E-state index contributed by atoms with van der Waals surface area (Å²) in [7, 11) is 0. The molecule has 0 amide bonds. The predicted molar refractivity (Wildman–Crippen MR) is 70.4 cm³/mol. The molecule has 0 radical (unpaired) electrons. The van der Waals surface area contributed by atoms with Crippen molar-refractivity contribution < 1.29 is 4.39 Å². The molecule has 2 aromatic rings. The molecule has 1 heteroatoms. The molecule has 0 atom stereocenters. The lowest BCUT2D eigenvalue weighted by Gasteiger charge is -2.07. The van der Waals surface area contributed by atoms with Gasteiger partial charge >= 0.3 is 0 Å². The van der Waals surface area contributed by atoms with E-state index >= 15 is 0 Å². The van der Waals surface area contributed by atoms with E-state index in [9.17, 15) is 4.39 Å². The van der Waals surface area contributed by atoms with Crippen LogP contribution in [0, 0.1) is 5.82 Å². The Morgan fingerprint density at radius 2 is 1.71 bits per heavy atom. The molecule has 0 aromatic heterocycles. The third kappa shape index (κ3) is 2.82. The summed E-state index contributed by atoms with van der Waals surface area (Å²) in [5, 5.41) is 0. The van der Waals surface area contributed by atoms with Crippen LogP contribution in [0.4, 0.5) is 4.39 Å².